The third kappa shape index (κ3) is 5.89. The van der Waals surface area contributed by atoms with Gasteiger partial charge in [-0.3, -0.25) is 0 Å². The van der Waals surface area contributed by atoms with Crippen LogP contribution < -0.4 is 5.73 Å². The van der Waals surface area contributed by atoms with Crippen LogP contribution in [0.1, 0.15) is 20.3 Å². The van der Waals surface area contributed by atoms with Gasteiger partial charge < -0.3 is 5.73 Å². The van der Waals surface area contributed by atoms with Crippen molar-refractivity contribution in [1.29, 1.82) is 0 Å². The van der Waals surface area contributed by atoms with E-state index < -0.39 is 0 Å². The maximum atomic E-state index is 5.27. The quantitative estimate of drug-likeness (QED) is 0.549. The number of rotatable bonds is 2. The van der Waals surface area contributed by atoms with Crippen molar-refractivity contribution in [3.63, 3.8) is 0 Å². The number of hydrogen-bond acceptors (Lipinski definition) is 2. The van der Waals surface area contributed by atoms with E-state index in [4.69, 9.17) is 5.73 Å². The summed E-state index contributed by atoms with van der Waals surface area (Å²) in [5.41, 5.74) is 5.27. The van der Waals surface area contributed by atoms with Crippen LogP contribution in [0, 0.1) is 5.92 Å². The monoisotopic (exact) mass is 131 g/mol. The van der Waals surface area contributed by atoms with E-state index in [0.29, 0.717) is 10.9 Å². The molecule has 0 fully saturated rings. The Balaban J connectivity index is 3.29. The first kappa shape index (κ1) is 7.89. The third-order valence-electron chi connectivity index (χ3n) is 0.798. The molecule has 48 valence electrons. The summed E-state index contributed by atoms with van der Waals surface area (Å²) in [6.45, 7) is 4.29. The van der Waals surface area contributed by atoms with Gasteiger partial charge in [-0.2, -0.15) is 0 Å². The first-order valence-electron chi connectivity index (χ1n) is 2.77. The Morgan fingerprint density at radius 3 is 2.38 bits per heavy atom. The summed E-state index contributed by atoms with van der Waals surface area (Å²) in [4.78, 5) is 0. The van der Waals surface area contributed by atoms with Gasteiger partial charge in [-0.1, -0.05) is 19.9 Å². The lowest BCUT2D eigenvalue weighted by Crippen LogP contribution is -1.89. The van der Waals surface area contributed by atoms with E-state index in [9.17, 15) is 0 Å². The molecular formula is C6H13NS. The van der Waals surface area contributed by atoms with Gasteiger partial charge in [0, 0.05) is 0 Å². The lowest BCUT2D eigenvalue weighted by atomic mass is 10.1. The lowest BCUT2D eigenvalue weighted by Gasteiger charge is -1.96. The van der Waals surface area contributed by atoms with E-state index in [0.717, 1.165) is 6.42 Å². The van der Waals surface area contributed by atoms with Gasteiger partial charge in [0.05, 0.1) is 5.03 Å². The summed E-state index contributed by atoms with van der Waals surface area (Å²) < 4.78 is 0. The molecule has 0 rings (SSSR count). The Morgan fingerprint density at radius 2 is 2.25 bits per heavy atom. The van der Waals surface area contributed by atoms with Crippen molar-refractivity contribution in [2.45, 2.75) is 20.3 Å². The van der Waals surface area contributed by atoms with Crippen LogP contribution in [-0.2, 0) is 0 Å². The summed E-state index contributed by atoms with van der Waals surface area (Å²) in [5.74, 6) is 0.681. The molecule has 0 unspecified atom stereocenters. The van der Waals surface area contributed by atoms with E-state index >= 15 is 0 Å². The summed E-state index contributed by atoms with van der Waals surface area (Å²) in [6.07, 6.45) is 2.95. The molecule has 0 aliphatic carbocycles. The van der Waals surface area contributed by atoms with E-state index in [1.165, 1.54) is 0 Å². The maximum Gasteiger partial charge on any atom is 0.0583 e. The molecule has 0 aliphatic rings. The summed E-state index contributed by atoms with van der Waals surface area (Å²) in [6, 6.07) is 0. The number of nitrogens with two attached hydrogens (primary N) is 1. The summed E-state index contributed by atoms with van der Waals surface area (Å²) in [5, 5.41) is 0.624. The molecule has 0 amide bonds. The fraction of sp³-hybridized carbons (Fsp3) is 0.667. The topological polar surface area (TPSA) is 26.0 Å². The minimum Gasteiger partial charge on any atom is -0.394 e. The van der Waals surface area contributed by atoms with Gasteiger partial charge >= 0.3 is 0 Å². The van der Waals surface area contributed by atoms with Crippen LogP contribution in [0.15, 0.2) is 11.1 Å². The van der Waals surface area contributed by atoms with Gasteiger partial charge in [-0.25, -0.2) is 0 Å². The second-order valence-electron chi connectivity index (χ2n) is 2.26. The molecule has 0 atom stereocenters. The van der Waals surface area contributed by atoms with E-state index in [1.54, 1.807) is 0 Å². The minimum atomic E-state index is 0.624. The molecule has 0 aromatic heterocycles. The molecule has 0 aromatic rings. The zero-order valence-corrected chi connectivity index (χ0v) is 6.28. The third-order valence-corrected chi connectivity index (χ3v) is 0.981. The lowest BCUT2D eigenvalue weighted by molar-refractivity contribution is 0.662. The number of hydrogen-bond donors (Lipinski definition) is 2. The predicted molar refractivity (Wildman–Crippen MR) is 40.7 cm³/mol. The van der Waals surface area contributed by atoms with E-state index in [2.05, 4.69) is 26.5 Å². The van der Waals surface area contributed by atoms with Gasteiger partial charge in [0.25, 0.3) is 0 Å². The van der Waals surface area contributed by atoms with Gasteiger partial charge in [0.1, 0.15) is 0 Å². The summed E-state index contributed by atoms with van der Waals surface area (Å²) >= 11 is 3.91. The zero-order valence-electron chi connectivity index (χ0n) is 5.39. The number of thiol groups is 1. The molecule has 8 heavy (non-hydrogen) atoms. The second-order valence-corrected chi connectivity index (χ2v) is 2.77. The largest absolute Gasteiger partial charge is 0.394 e. The second kappa shape index (κ2) is 3.84. The molecular weight excluding hydrogens is 118 g/mol. The van der Waals surface area contributed by atoms with E-state index in [-0.39, 0.29) is 0 Å². The van der Waals surface area contributed by atoms with Crippen molar-refractivity contribution in [3.05, 3.63) is 11.1 Å². The van der Waals surface area contributed by atoms with Crippen molar-refractivity contribution >= 4 is 12.6 Å². The molecule has 2 N–H and O–H groups in total. The van der Waals surface area contributed by atoms with Crippen molar-refractivity contribution in [1.82, 2.24) is 0 Å². The van der Waals surface area contributed by atoms with Gasteiger partial charge in [0.15, 0.2) is 0 Å². The van der Waals surface area contributed by atoms with Gasteiger partial charge in [-0.05, 0) is 12.3 Å². The molecule has 0 saturated heterocycles. The fourth-order valence-electron chi connectivity index (χ4n) is 0.356. The van der Waals surface area contributed by atoms with Crippen LogP contribution in [0.3, 0.4) is 0 Å². The zero-order chi connectivity index (χ0) is 6.57. The van der Waals surface area contributed by atoms with Crippen LogP contribution in [-0.4, -0.2) is 0 Å². The minimum absolute atomic E-state index is 0.624. The Hall–Kier alpha value is -0.110. The van der Waals surface area contributed by atoms with Crippen molar-refractivity contribution in [2.24, 2.45) is 11.7 Å². The number of allylic oxidation sites excluding steroid dienone is 1. The smallest absolute Gasteiger partial charge is 0.0583 e. The van der Waals surface area contributed by atoms with Crippen LogP contribution in [0.2, 0.25) is 0 Å². The van der Waals surface area contributed by atoms with Crippen molar-refractivity contribution < 1.29 is 0 Å². The average Bonchev–Trinajstić information content (AvgIpc) is 1.61. The highest BCUT2D eigenvalue weighted by atomic mass is 32.1. The highest BCUT2D eigenvalue weighted by Crippen LogP contribution is 2.02. The highest BCUT2D eigenvalue weighted by molar-refractivity contribution is 7.84. The van der Waals surface area contributed by atoms with E-state index in [1.807, 2.05) is 6.08 Å². The normalized spacial score (nSPS) is 12.8. The Morgan fingerprint density at radius 1 is 1.75 bits per heavy atom. The average molecular weight is 131 g/mol. The molecule has 1 nitrogen and oxygen atoms in total. The predicted octanol–water partition coefficient (Wildman–Crippen LogP) is 1.76. The summed E-state index contributed by atoms with van der Waals surface area (Å²) in [7, 11) is 0. The molecule has 0 heterocycles. The standard InChI is InChI=1S/C6H13NS/c1-5(2)3-4-6(7)8/h4-5,8H,3,7H2,1-2H3/b6-4+. The van der Waals surface area contributed by atoms with Crippen LogP contribution in [0.25, 0.3) is 0 Å². The molecule has 0 bridgehead atoms. The van der Waals surface area contributed by atoms with Crippen LogP contribution >= 0.6 is 12.6 Å². The molecule has 0 aromatic carbocycles. The Labute approximate surface area is 56.4 Å². The molecule has 0 spiro atoms. The highest BCUT2D eigenvalue weighted by Gasteiger charge is 1.87. The van der Waals surface area contributed by atoms with Crippen molar-refractivity contribution in [3.8, 4) is 0 Å². The molecule has 0 saturated carbocycles. The first-order chi connectivity index (χ1) is 3.63. The van der Waals surface area contributed by atoms with Gasteiger partial charge in [-0.15, -0.1) is 12.6 Å². The molecule has 2 heteroatoms. The molecule has 0 radical (unpaired) electrons. The fourth-order valence-corrected chi connectivity index (χ4v) is 0.462. The Bertz CT molecular complexity index is 82.5. The molecule has 0 aliphatic heterocycles. The van der Waals surface area contributed by atoms with Crippen LogP contribution in [0.5, 0.6) is 0 Å². The maximum absolute atomic E-state index is 5.27. The van der Waals surface area contributed by atoms with Crippen LogP contribution in [0.4, 0.5) is 0 Å². The van der Waals surface area contributed by atoms with Crippen molar-refractivity contribution in [2.75, 3.05) is 0 Å². The SMILES string of the molecule is CC(C)C/C=C(\N)S. The Kier molecular flexibility index (Phi) is 3.79. The van der Waals surface area contributed by atoms with Gasteiger partial charge in [0.2, 0.25) is 0 Å². The first-order valence-corrected chi connectivity index (χ1v) is 3.22.